The standard InChI is InChI=1S/C23H24ClN3O3S/c1-29-18-5-3-4-15(20(18)30-2)21-16-12-14(24)8-9-17(16)27-22(13-6-7-13)25-26-23(27)19(31-21)10-11-28/h3-5,8-9,12-13,19,21,28H,6-7,10-11H2,1-2H3. The fourth-order valence-electron chi connectivity index (χ4n) is 4.28. The fraction of sp³-hybridized carbons (Fsp3) is 0.391. The van der Waals surface area contributed by atoms with Crippen LogP contribution in [0.15, 0.2) is 36.4 Å². The van der Waals surface area contributed by atoms with Crippen molar-refractivity contribution >= 4 is 23.4 Å². The van der Waals surface area contributed by atoms with Gasteiger partial charge >= 0.3 is 0 Å². The minimum absolute atomic E-state index is 0.0305. The summed E-state index contributed by atoms with van der Waals surface area (Å²) < 4.78 is 13.5. The molecule has 8 heteroatoms. The van der Waals surface area contributed by atoms with Gasteiger partial charge in [-0.25, -0.2) is 0 Å². The third kappa shape index (κ3) is 3.58. The first-order chi connectivity index (χ1) is 15.2. The van der Waals surface area contributed by atoms with Crippen LogP contribution in [0.1, 0.15) is 58.5 Å². The molecule has 6 nitrogen and oxygen atoms in total. The van der Waals surface area contributed by atoms with Gasteiger partial charge < -0.3 is 14.6 Å². The van der Waals surface area contributed by atoms with Crippen molar-refractivity contribution in [3.05, 3.63) is 64.2 Å². The predicted octanol–water partition coefficient (Wildman–Crippen LogP) is 5.08. The molecule has 2 aromatic carbocycles. The molecule has 2 unspecified atom stereocenters. The van der Waals surface area contributed by atoms with E-state index < -0.39 is 0 Å². The molecule has 0 bridgehead atoms. The molecule has 1 saturated carbocycles. The second kappa shape index (κ2) is 8.37. The number of aromatic nitrogens is 3. The second-order valence-electron chi connectivity index (χ2n) is 7.83. The van der Waals surface area contributed by atoms with Crippen LogP contribution in [0.3, 0.4) is 0 Å². The number of fused-ring (bicyclic) bond motifs is 3. The molecular weight excluding hydrogens is 434 g/mol. The van der Waals surface area contributed by atoms with E-state index in [-0.39, 0.29) is 17.1 Å². The van der Waals surface area contributed by atoms with E-state index >= 15 is 0 Å². The van der Waals surface area contributed by atoms with Crippen molar-refractivity contribution in [2.24, 2.45) is 0 Å². The zero-order valence-electron chi connectivity index (χ0n) is 17.4. The molecule has 0 spiro atoms. The van der Waals surface area contributed by atoms with E-state index in [2.05, 4.69) is 26.9 Å². The van der Waals surface area contributed by atoms with E-state index in [1.807, 2.05) is 24.3 Å². The van der Waals surface area contributed by atoms with Gasteiger partial charge in [-0.3, -0.25) is 4.57 Å². The number of rotatable bonds is 6. The van der Waals surface area contributed by atoms with E-state index in [1.165, 1.54) is 0 Å². The Bertz CT molecular complexity index is 1120. The van der Waals surface area contributed by atoms with E-state index in [0.717, 1.165) is 41.3 Å². The van der Waals surface area contributed by atoms with E-state index in [9.17, 15) is 5.11 Å². The quantitative estimate of drug-likeness (QED) is 0.557. The second-order valence-corrected chi connectivity index (χ2v) is 9.58. The summed E-state index contributed by atoms with van der Waals surface area (Å²) in [6.45, 7) is 0.0718. The predicted molar refractivity (Wildman–Crippen MR) is 122 cm³/mol. The number of thioether (sulfide) groups is 1. The topological polar surface area (TPSA) is 69.4 Å². The van der Waals surface area contributed by atoms with Crippen LogP contribution >= 0.6 is 23.4 Å². The van der Waals surface area contributed by atoms with Gasteiger partial charge in [-0.15, -0.1) is 22.0 Å². The normalized spacial score (nSPS) is 20.0. The Morgan fingerprint density at radius 2 is 1.90 bits per heavy atom. The van der Waals surface area contributed by atoms with E-state index in [0.29, 0.717) is 28.9 Å². The number of benzene rings is 2. The Morgan fingerprint density at radius 3 is 2.61 bits per heavy atom. The Balaban J connectivity index is 1.76. The number of hydrogen-bond acceptors (Lipinski definition) is 6. The maximum absolute atomic E-state index is 9.83. The molecular formula is C23H24ClN3O3S. The molecule has 2 heterocycles. The number of halogens is 1. The first-order valence-electron chi connectivity index (χ1n) is 10.4. The number of methoxy groups -OCH3 is 2. The molecule has 31 heavy (non-hydrogen) atoms. The monoisotopic (exact) mass is 457 g/mol. The molecule has 1 N–H and O–H groups in total. The number of hydrogen-bond donors (Lipinski definition) is 1. The molecule has 162 valence electrons. The minimum Gasteiger partial charge on any atom is -0.493 e. The lowest BCUT2D eigenvalue weighted by molar-refractivity contribution is 0.286. The number of aliphatic hydroxyl groups is 1. The Hall–Kier alpha value is -2.22. The first-order valence-corrected chi connectivity index (χ1v) is 11.7. The van der Waals surface area contributed by atoms with Crippen LogP contribution in [0.25, 0.3) is 5.69 Å². The van der Waals surface area contributed by atoms with Gasteiger partial charge in [-0.2, -0.15) is 0 Å². The number of nitrogens with zero attached hydrogens (tertiary/aromatic N) is 3. The molecule has 0 saturated heterocycles. The van der Waals surface area contributed by atoms with E-state index in [4.69, 9.17) is 21.1 Å². The van der Waals surface area contributed by atoms with Gasteiger partial charge in [-0.05, 0) is 49.1 Å². The van der Waals surface area contributed by atoms with Crippen molar-refractivity contribution in [3.8, 4) is 17.2 Å². The molecule has 1 aliphatic heterocycles. The third-order valence-electron chi connectivity index (χ3n) is 5.86. The Labute approximate surface area is 190 Å². The van der Waals surface area contributed by atoms with E-state index in [1.54, 1.807) is 26.0 Å². The lowest BCUT2D eigenvalue weighted by atomic mass is 10.0. The van der Waals surface area contributed by atoms with Gasteiger partial charge in [0.2, 0.25) is 0 Å². The Morgan fingerprint density at radius 1 is 1.10 bits per heavy atom. The summed E-state index contributed by atoms with van der Waals surface area (Å²) in [7, 11) is 3.30. The van der Waals surface area contributed by atoms with Crippen molar-refractivity contribution in [1.82, 2.24) is 14.8 Å². The van der Waals surface area contributed by atoms with Crippen molar-refractivity contribution in [2.45, 2.75) is 35.7 Å². The van der Waals surface area contributed by atoms with Gasteiger partial charge in [0.25, 0.3) is 0 Å². The molecule has 1 aromatic heterocycles. The fourth-order valence-corrected chi connectivity index (χ4v) is 5.97. The number of para-hydroxylation sites is 1. The SMILES string of the molecule is COc1cccc(C2SC(CCO)c3nnc(C4CC4)n3-c3ccc(Cl)cc32)c1OC. The number of ether oxygens (including phenoxy) is 2. The highest BCUT2D eigenvalue weighted by Gasteiger charge is 2.38. The summed E-state index contributed by atoms with van der Waals surface area (Å²) in [6.07, 6.45) is 2.84. The van der Waals surface area contributed by atoms with Crippen LogP contribution in [0.2, 0.25) is 5.02 Å². The average Bonchev–Trinajstić information content (AvgIpc) is 3.56. The lowest BCUT2D eigenvalue weighted by Gasteiger charge is -2.23. The zero-order valence-corrected chi connectivity index (χ0v) is 19.0. The van der Waals surface area contributed by atoms with Crippen molar-refractivity contribution in [3.63, 3.8) is 0 Å². The molecule has 2 atom stereocenters. The van der Waals surface area contributed by atoms with Crippen LogP contribution < -0.4 is 9.47 Å². The van der Waals surface area contributed by atoms with Gasteiger partial charge in [-0.1, -0.05) is 23.7 Å². The van der Waals surface area contributed by atoms with Crippen LogP contribution in [-0.2, 0) is 0 Å². The molecule has 0 radical (unpaired) electrons. The molecule has 2 aliphatic rings. The van der Waals surface area contributed by atoms with Crippen LogP contribution in [-0.4, -0.2) is 40.7 Å². The van der Waals surface area contributed by atoms with Gasteiger partial charge in [0.1, 0.15) is 5.82 Å². The maximum Gasteiger partial charge on any atom is 0.165 e. The highest BCUT2D eigenvalue weighted by Crippen LogP contribution is 2.54. The zero-order chi connectivity index (χ0) is 21.5. The molecule has 0 amide bonds. The molecule has 1 fully saturated rings. The van der Waals surface area contributed by atoms with Gasteiger partial charge in [0, 0.05) is 23.1 Å². The smallest absolute Gasteiger partial charge is 0.165 e. The molecule has 1 aliphatic carbocycles. The summed E-state index contributed by atoms with van der Waals surface area (Å²) in [5.74, 6) is 3.71. The van der Waals surface area contributed by atoms with Crippen LogP contribution in [0, 0.1) is 0 Å². The largest absolute Gasteiger partial charge is 0.493 e. The number of aliphatic hydroxyl groups excluding tert-OH is 1. The van der Waals surface area contributed by atoms with Crippen LogP contribution in [0.5, 0.6) is 11.5 Å². The highest BCUT2D eigenvalue weighted by molar-refractivity contribution is 8.00. The third-order valence-corrected chi connectivity index (χ3v) is 7.65. The summed E-state index contributed by atoms with van der Waals surface area (Å²) in [6, 6.07) is 11.9. The van der Waals surface area contributed by atoms with Crippen molar-refractivity contribution in [2.75, 3.05) is 20.8 Å². The van der Waals surface area contributed by atoms with Crippen molar-refractivity contribution < 1.29 is 14.6 Å². The summed E-state index contributed by atoms with van der Waals surface area (Å²) >= 11 is 8.22. The maximum atomic E-state index is 9.83. The summed E-state index contributed by atoms with van der Waals surface area (Å²) in [4.78, 5) is 0. The van der Waals surface area contributed by atoms with Crippen molar-refractivity contribution in [1.29, 1.82) is 0 Å². The molecule has 5 rings (SSSR count). The summed E-state index contributed by atoms with van der Waals surface area (Å²) in [5, 5.41) is 19.5. The molecule has 3 aromatic rings. The van der Waals surface area contributed by atoms with Gasteiger partial charge in [0.05, 0.1) is 30.4 Å². The average molecular weight is 458 g/mol. The minimum atomic E-state index is -0.0796. The Kier molecular flexibility index (Phi) is 5.58. The van der Waals surface area contributed by atoms with Gasteiger partial charge in [0.15, 0.2) is 17.3 Å². The first kappa shape index (κ1) is 20.7. The summed E-state index contributed by atoms with van der Waals surface area (Å²) in [5.41, 5.74) is 3.12. The van der Waals surface area contributed by atoms with Crippen LogP contribution in [0.4, 0.5) is 0 Å². The highest BCUT2D eigenvalue weighted by atomic mass is 35.5. The lowest BCUT2D eigenvalue weighted by Crippen LogP contribution is -2.08.